The van der Waals surface area contributed by atoms with Crippen LogP contribution in [0.3, 0.4) is 0 Å². The van der Waals surface area contributed by atoms with E-state index < -0.39 is 0 Å². The molecule has 0 unspecified atom stereocenters. The van der Waals surface area contributed by atoms with Crippen LogP contribution in [0.4, 0.5) is 0 Å². The van der Waals surface area contributed by atoms with Crippen LogP contribution in [0, 0.1) is 0 Å². The highest BCUT2D eigenvalue weighted by Gasteiger charge is 1.95. The van der Waals surface area contributed by atoms with Gasteiger partial charge in [-0.25, -0.2) is 0 Å². The van der Waals surface area contributed by atoms with Crippen molar-refractivity contribution in [3.8, 4) is 0 Å². The average molecular weight is 169 g/mol. The van der Waals surface area contributed by atoms with Crippen molar-refractivity contribution >= 4 is 29.3 Å². The number of hydrogen-bond donors (Lipinski definition) is 0. The van der Waals surface area contributed by atoms with Crippen molar-refractivity contribution in [1.82, 2.24) is 0 Å². The second-order valence-electron chi connectivity index (χ2n) is 1.30. The van der Waals surface area contributed by atoms with Crippen LogP contribution in [0.15, 0.2) is 0 Å². The first-order valence-electron chi connectivity index (χ1n) is 2.60. The fourth-order valence-electron chi connectivity index (χ4n) is 0.241. The molecular formula is C5H9ClO2S. The Bertz CT molecular complexity index is 87.0. The highest BCUT2D eigenvalue weighted by molar-refractivity contribution is 8.00. The lowest BCUT2D eigenvalue weighted by Crippen LogP contribution is -2.00. The number of alkyl halides is 1. The van der Waals surface area contributed by atoms with Crippen molar-refractivity contribution in [2.24, 2.45) is 0 Å². The Labute approximate surface area is 63.9 Å². The average Bonchev–Trinajstić information content (AvgIpc) is 1.89. The highest BCUT2D eigenvalue weighted by Crippen LogP contribution is 2.02. The number of carbonyl (C=O) groups excluding carboxylic acids is 1. The lowest BCUT2D eigenvalue weighted by atomic mass is 10.5. The summed E-state index contributed by atoms with van der Waals surface area (Å²) in [5.41, 5.74) is 0. The monoisotopic (exact) mass is 168 g/mol. The van der Waals surface area contributed by atoms with Crippen LogP contribution in [0.1, 0.15) is 13.3 Å². The lowest BCUT2D eigenvalue weighted by molar-refractivity contribution is -0.140. The third-order valence-corrected chi connectivity index (χ3v) is 1.57. The van der Waals surface area contributed by atoms with Gasteiger partial charge < -0.3 is 4.74 Å². The van der Waals surface area contributed by atoms with Crippen molar-refractivity contribution in [2.45, 2.75) is 13.3 Å². The second kappa shape index (κ2) is 6.23. The Balaban J connectivity index is 2.97. The summed E-state index contributed by atoms with van der Waals surface area (Å²) in [6.07, 6.45) is 0.433. The molecule has 0 aliphatic heterocycles. The molecule has 0 spiro atoms. The molecule has 0 aliphatic carbocycles. The van der Waals surface area contributed by atoms with E-state index in [9.17, 15) is 4.79 Å². The zero-order valence-electron chi connectivity index (χ0n) is 5.22. The van der Waals surface area contributed by atoms with E-state index in [1.807, 2.05) is 0 Å². The van der Waals surface area contributed by atoms with E-state index >= 15 is 0 Å². The van der Waals surface area contributed by atoms with Gasteiger partial charge in [0.1, 0.15) is 5.94 Å². The summed E-state index contributed by atoms with van der Waals surface area (Å²) in [5, 5.41) is 0.469. The van der Waals surface area contributed by atoms with E-state index in [1.54, 1.807) is 6.92 Å². The molecular weight excluding hydrogens is 160 g/mol. The summed E-state index contributed by atoms with van der Waals surface area (Å²) in [4.78, 5) is 10.4. The van der Waals surface area contributed by atoms with Crippen LogP contribution in [-0.4, -0.2) is 17.1 Å². The van der Waals surface area contributed by atoms with Crippen LogP contribution in [0.25, 0.3) is 0 Å². The maximum atomic E-state index is 10.4. The SMILES string of the molecule is CCC(=O)OCSCCl. The molecule has 2 nitrogen and oxygen atoms in total. The molecule has 0 aliphatic rings. The lowest BCUT2D eigenvalue weighted by Gasteiger charge is -1.98. The van der Waals surface area contributed by atoms with Crippen molar-refractivity contribution in [1.29, 1.82) is 0 Å². The molecule has 9 heavy (non-hydrogen) atoms. The van der Waals surface area contributed by atoms with Crippen LogP contribution in [0.5, 0.6) is 0 Å². The van der Waals surface area contributed by atoms with Crippen LogP contribution < -0.4 is 0 Å². The van der Waals surface area contributed by atoms with E-state index in [2.05, 4.69) is 4.74 Å². The van der Waals surface area contributed by atoms with Gasteiger partial charge in [0.2, 0.25) is 0 Å². The summed E-state index contributed by atoms with van der Waals surface area (Å²) < 4.78 is 4.67. The zero-order chi connectivity index (χ0) is 7.11. The largest absolute Gasteiger partial charge is 0.455 e. The number of halogens is 1. The Morgan fingerprint density at radius 1 is 1.78 bits per heavy atom. The Morgan fingerprint density at radius 2 is 2.44 bits per heavy atom. The quantitative estimate of drug-likeness (QED) is 0.277. The summed E-state index contributed by atoms with van der Waals surface area (Å²) in [6.45, 7) is 1.76. The van der Waals surface area contributed by atoms with E-state index in [-0.39, 0.29) is 5.97 Å². The van der Waals surface area contributed by atoms with Gasteiger partial charge in [0.15, 0.2) is 0 Å². The predicted octanol–water partition coefficient (Wildman–Crippen LogP) is 1.83. The molecule has 0 saturated heterocycles. The summed E-state index contributed by atoms with van der Waals surface area (Å²) in [6, 6.07) is 0. The van der Waals surface area contributed by atoms with Crippen molar-refractivity contribution in [3.05, 3.63) is 0 Å². The fraction of sp³-hybridized carbons (Fsp3) is 0.800. The molecule has 0 rings (SSSR count). The van der Waals surface area contributed by atoms with Gasteiger partial charge in [0.05, 0.1) is 5.21 Å². The number of esters is 1. The number of rotatable bonds is 4. The molecule has 4 heteroatoms. The molecule has 0 bridgehead atoms. The van der Waals surface area contributed by atoms with E-state index in [0.717, 1.165) is 0 Å². The van der Waals surface area contributed by atoms with Gasteiger partial charge in [-0.2, -0.15) is 0 Å². The highest BCUT2D eigenvalue weighted by atomic mass is 35.5. The van der Waals surface area contributed by atoms with Gasteiger partial charge in [-0.3, -0.25) is 4.79 Å². The molecule has 0 radical (unpaired) electrons. The zero-order valence-corrected chi connectivity index (χ0v) is 6.80. The Morgan fingerprint density at radius 3 is 2.89 bits per heavy atom. The maximum Gasteiger partial charge on any atom is 0.306 e. The van der Waals surface area contributed by atoms with E-state index in [0.29, 0.717) is 17.6 Å². The van der Waals surface area contributed by atoms with Gasteiger partial charge in [0, 0.05) is 6.42 Å². The smallest absolute Gasteiger partial charge is 0.306 e. The van der Waals surface area contributed by atoms with Crippen molar-refractivity contribution in [2.75, 3.05) is 11.2 Å². The number of ether oxygens (including phenoxy) is 1. The molecule has 0 aromatic heterocycles. The minimum Gasteiger partial charge on any atom is -0.455 e. The van der Waals surface area contributed by atoms with Crippen molar-refractivity contribution in [3.63, 3.8) is 0 Å². The third-order valence-electron chi connectivity index (χ3n) is 0.669. The fourth-order valence-corrected chi connectivity index (χ4v) is 0.708. The first kappa shape index (κ1) is 9.11. The maximum absolute atomic E-state index is 10.4. The molecule has 0 saturated carbocycles. The first-order valence-corrected chi connectivity index (χ1v) is 4.29. The third kappa shape index (κ3) is 5.99. The van der Waals surface area contributed by atoms with Gasteiger partial charge in [-0.05, 0) is 0 Å². The number of carbonyl (C=O) groups is 1. The van der Waals surface area contributed by atoms with Gasteiger partial charge in [0.25, 0.3) is 0 Å². The molecule has 0 aromatic rings. The second-order valence-corrected chi connectivity index (χ2v) is 2.82. The normalized spacial score (nSPS) is 9.11. The molecule has 0 fully saturated rings. The molecule has 54 valence electrons. The van der Waals surface area contributed by atoms with Crippen LogP contribution in [0.2, 0.25) is 0 Å². The minimum absolute atomic E-state index is 0.174. The topological polar surface area (TPSA) is 26.3 Å². The molecule has 0 aromatic carbocycles. The van der Waals surface area contributed by atoms with Gasteiger partial charge in [-0.1, -0.05) is 6.92 Å². The van der Waals surface area contributed by atoms with Gasteiger partial charge >= 0.3 is 5.97 Å². The predicted molar refractivity (Wildman–Crippen MR) is 39.6 cm³/mol. The summed E-state index contributed by atoms with van der Waals surface area (Å²) >= 11 is 6.67. The van der Waals surface area contributed by atoms with Gasteiger partial charge in [-0.15, -0.1) is 23.4 Å². The van der Waals surface area contributed by atoms with Crippen LogP contribution in [-0.2, 0) is 9.53 Å². The van der Waals surface area contributed by atoms with Crippen molar-refractivity contribution < 1.29 is 9.53 Å². The standard InChI is InChI=1S/C5H9ClO2S/c1-2-5(7)8-4-9-3-6/h2-4H2,1H3. The molecule has 0 atom stereocenters. The minimum atomic E-state index is -0.174. The molecule has 0 heterocycles. The van der Waals surface area contributed by atoms with E-state index in [1.165, 1.54) is 11.8 Å². The van der Waals surface area contributed by atoms with Crippen LogP contribution >= 0.6 is 23.4 Å². The molecule has 0 amide bonds. The molecule has 0 N–H and O–H groups in total. The number of hydrogen-bond acceptors (Lipinski definition) is 3. The Kier molecular flexibility index (Phi) is 6.31. The van der Waals surface area contributed by atoms with E-state index in [4.69, 9.17) is 11.6 Å². The number of thioether (sulfide) groups is 1. The summed E-state index contributed by atoms with van der Waals surface area (Å²) in [7, 11) is 0. The first-order chi connectivity index (χ1) is 4.31. The Hall–Kier alpha value is 0.110. The summed E-state index contributed by atoms with van der Waals surface area (Å²) in [5.74, 6) is 0.198.